The van der Waals surface area contributed by atoms with E-state index in [2.05, 4.69) is 4.74 Å². The average Bonchev–Trinajstić information content (AvgIpc) is 2.36. The molecule has 0 spiro atoms. The van der Waals surface area contributed by atoms with E-state index >= 15 is 0 Å². The molecule has 0 heterocycles. The number of nitrogen functional groups attached to an aromatic ring is 1. The number of aliphatic hydroxyl groups is 2. The summed E-state index contributed by atoms with van der Waals surface area (Å²) in [7, 11) is 1.18. The van der Waals surface area contributed by atoms with Crippen LogP contribution in [0.25, 0.3) is 0 Å². The highest BCUT2D eigenvalue weighted by Gasteiger charge is 2.25. The fraction of sp³-hybridized carbons (Fsp3) is 0.333. The standard InChI is InChI=1S/C12H15ClN2O5/c1-20-12(19)6-2-5(7(13)3-8(6)14)11(18)9(16)4-10(15)17/h2-3,9,11,16,18H,4,14H2,1H3,(H2,15,17). The zero-order valence-corrected chi connectivity index (χ0v) is 11.4. The quantitative estimate of drug-likeness (QED) is 0.446. The Morgan fingerprint density at radius 1 is 1.40 bits per heavy atom. The zero-order valence-electron chi connectivity index (χ0n) is 10.7. The molecule has 1 aromatic carbocycles. The molecule has 7 nitrogen and oxygen atoms in total. The summed E-state index contributed by atoms with van der Waals surface area (Å²) in [6.07, 6.45) is -3.38. The van der Waals surface area contributed by atoms with Crippen LogP contribution in [0.1, 0.15) is 28.4 Å². The molecule has 0 aliphatic rings. The van der Waals surface area contributed by atoms with Gasteiger partial charge in [0.1, 0.15) is 6.10 Å². The summed E-state index contributed by atoms with van der Waals surface area (Å²) in [5.74, 6) is -1.49. The molecule has 0 saturated carbocycles. The number of aliphatic hydroxyl groups excluding tert-OH is 2. The lowest BCUT2D eigenvalue weighted by atomic mass is 9.99. The van der Waals surface area contributed by atoms with E-state index in [0.29, 0.717) is 0 Å². The van der Waals surface area contributed by atoms with Gasteiger partial charge in [-0.15, -0.1) is 0 Å². The number of halogens is 1. The van der Waals surface area contributed by atoms with Crippen LogP contribution in [-0.4, -0.2) is 35.3 Å². The van der Waals surface area contributed by atoms with Crippen LogP contribution >= 0.6 is 11.6 Å². The Morgan fingerprint density at radius 3 is 2.50 bits per heavy atom. The fourth-order valence-corrected chi connectivity index (χ4v) is 1.93. The average molecular weight is 303 g/mol. The van der Waals surface area contributed by atoms with Gasteiger partial charge in [0.15, 0.2) is 0 Å². The van der Waals surface area contributed by atoms with Gasteiger partial charge in [0.05, 0.1) is 25.2 Å². The molecule has 0 aliphatic carbocycles. The van der Waals surface area contributed by atoms with E-state index in [1.54, 1.807) is 0 Å². The van der Waals surface area contributed by atoms with Crippen molar-refractivity contribution in [2.24, 2.45) is 5.73 Å². The van der Waals surface area contributed by atoms with Gasteiger partial charge in [-0.1, -0.05) is 11.6 Å². The molecule has 2 unspecified atom stereocenters. The van der Waals surface area contributed by atoms with Crippen LogP contribution in [0.15, 0.2) is 12.1 Å². The van der Waals surface area contributed by atoms with E-state index < -0.39 is 30.5 Å². The first-order valence-corrected chi connectivity index (χ1v) is 5.97. The largest absolute Gasteiger partial charge is 0.465 e. The predicted molar refractivity (Wildman–Crippen MR) is 72.0 cm³/mol. The fourth-order valence-electron chi connectivity index (χ4n) is 1.64. The Labute approximate surface area is 120 Å². The SMILES string of the molecule is COC(=O)c1cc(C(O)C(O)CC(N)=O)c(Cl)cc1N. The molecule has 2 atom stereocenters. The minimum atomic E-state index is -1.49. The van der Waals surface area contributed by atoms with E-state index in [1.807, 2.05) is 0 Å². The highest BCUT2D eigenvalue weighted by molar-refractivity contribution is 6.32. The molecule has 0 bridgehead atoms. The predicted octanol–water partition coefficient (Wildman–Crippen LogP) is -0.0215. The smallest absolute Gasteiger partial charge is 0.339 e. The lowest BCUT2D eigenvalue weighted by molar-refractivity contribution is -0.121. The summed E-state index contributed by atoms with van der Waals surface area (Å²) >= 11 is 5.91. The van der Waals surface area contributed by atoms with Crippen molar-refractivity contribution in [1.29, 1.82) is 0 Å². The monoisotopic (exact) mass is 302 g/mol. The summed E-state index contributed by atoms with van der Waals surface area (Å²) in [5, 5.41) is 19.7. The van der Waals surface area contributed by atoms with Crippen LogP contribution in [0.4, 0.5) is 5.69 Å². The van der Waals surface area contributed by atoms with E-state index in [1.165, 1.54) is 19.2 Å². The third-order valence-corrected chi connectivity index (χ3v) is 2.99. The number of methoxy groups -OCH3 is 1. The molecule has 0 radical (unpaired) electrons. The Hall–Kier alpha value is -1.83. The highest BCUT2D eigenvalue weighted by Crippen LogP contribution is 2.31. The van der Waals surface area contributed by atoms with Gasteiger partial charge in [0.2, 0.25) is 5.91 Å². The van der Waals surface area contributed by atoms with Crippen LogP contribution in [-0.2, 0) is 9.53 Å². The van der Waals surface area contributed by atoms with Crippen molar-refractivity contribution in [3.8, 4) is 0 Å². The van der Waals surface area contributed by atoms with Crippen LogP contribution in [0.2, 0.25) is 5.02 Å². The molecule has 1 amide bonds. The number of nitrogens with two attached hydrogens (primary N) is 2. The van der Waals surface area contributed by atoms with Gasteiger partial charge >= 0.3 is 5.97 Å². The molecule has 1 aromatic rings. The summed E-state index contributed by atoms with van der Waals surface area (Å²) in [4.78, 5) is 22.2. The van der Waals surface area contributed by atoms with Crippen molar-refractivity contribution in [2.75, 3.05) is 12.8 Å². The number of primary amides is 1. The Bertz CT molecular complexity index is 535. The van der Waals surface area contributed by atoms with E-state index in [4.69, 9.17) is 23.1 Å². The molecule has 110 valence electrons. The van der Waals surface area contributed by atoms with Crippen molar-refractivity contribution in [1.82, 2.24) is 0 Å². The van der Waals surface area contributed by atoms with Gasteiger partial charge in [-0.3, -0.25) is 4.79 Å². The number of rotatable bonds is 5. The summed E-state index contributed by atoms with van der Waals surface area (Å²) in [6, 6.07) is 2.46. The Kier molecular flexibility index (Phi) is 5.32. The lowest BCUT2D eigenvalue weighted by Crippen LogP contribution is -2.26. The topological polar surface area (TPSA) is 136 Å². The number of carbonyl (C=O) groups excluding carboxylic acids is 2. The molecule has 0 saturated heterocycles. The van der Waals surface area contributed by atoms with Crippen LogP contribution in [0.5, 0.6) is 0 Å². The molecule has 1 rings (SSSR count). The lowest BCUT2D eigenvalue weighted by Gasteiger charge is -2.19. The number of carbonyl (C=O) groups is 2. The first-order chi connectivity index (χ1) is 9.27. The number of hydrogen-bond acceptors (Lipinski definition) is 6. The number of hydrogen-bond donors (Lipinski definition) is 4. The zero-order chi connectivity index (χ0) is 15.4. The molecule has 0 aliphatic heterocycles. The summed E-state index contributed by atoms with van der Waals surface area (Å²) < 4.78 is 4.54. The third-order valence-electron chi connectivity index (χ3n) is 2.67. The number of amides is 1. The summed E-state index contributed by atoms with van der Waals surface area (Å²) in [6.45, 7) is 0. The molecule has 0 fully saturated rings. The van der Waals surface area contributed by atoms with Gasteiger partial charge < -0.3 is 26.4 Å². The molecule has 20 heavy (non-hydrogen) atoms. The Morgan fingerprint density at radius 2 is 2.00 bits per heavy atom. The Balaban J connectivity index is 3.17. The minimum absolute atomic E-state index is 0.00257. The second-order valence-corrected chi connectivity index (χ2v) is 4.54. The van der Waals surface area contributed by atoms with Crippen LogP contribution in [0, 0.1) is 0 Å². The molecule has 8 heteroatoms. The normalized spacial score (nSPS) is 13.6. The van der Waals surface area contributed by atoms with Gasteiger partial charge in [-0.05, 0) is 12.1 Å². The number of anilines is 1. The van der Waals surface area contributed by atoms with Crippen molar-refractivity contribution in [3.05, 3.63) is 28.3 Å². The second-order valence-electron chi connectivity index (χ2n) is 4.14. The van der Waals surface area contributed by atoms with Gasteiger partial charge in [0, 0.05) is 16.3 Å². The summed E-state index contributed by atoms with van der Waals surface area (Å²) in [5.41, 5.74) is 10.7. The first-order valence-electron chi connectivity index (χ1n) is 5.59. The maximum absolute atomic E-state index is 11.5. The molecule has 0 aromatic heterocycles. The first kappa shape index (κ1) is 16.2. The van der Waals surface area contributed by atoms with Crippen LogP contribution in [0.3, 0.4) is 0 Å². The maximum atomic E-state index is 11.5. The minimum Gasteiger partial charge on any atom is -0.465 e. The van der Waals surface area contributed by atoms with Crippen molar-refractivity contribution < 1.29 is 24.5 Å². The number of ether oxygens (including phenoxy) is 1. The molecular formula is C12H15ClN2O5. The molecule has 6 N–H and O–H groups in total. The van der Waals surface area contributed by atoms with Crippen molar-refractivity contribution >= 4 is 29.2 Å². The second kappa shape index (κ2) is 6.56. The highest BCUT2D eigenvalue weighted by atomic mass is 35.5. The maximum Gasteiger partial charge on any atom is 0.339 e. The number of benzene rings is 1. The van der Waals surface area contributed by atoms with E-state index in [0.717, 1.165) is 0 Å². The number of esters is 1. The van der Waals surface area contributed by atoms with Gasteiger partial charge in [0.25, 0.3) is 0 Å². The van der Waals surface area contributed by atoms with Gasteiger partial charge in [-0.2, -0.15) is 0 Å². The van der Waals surface area contributed by atoms with Crippen molar-refractivity contribution in [2.45, 2.75) is 18.6 Å². The molecular weight excluding hydrogens is 288 g/mol. The van der Waals surface area contributed by atoms with Crippen LogP contribution < -0.4 is 11.5 Å². The third kappa shape index (κ3) is 3.60. The van der Waals surface area contributed by atoms with Gasteiger partial charge in [-0.25, -0.2) is 4.79 Å². The van der Waals surface area contributed by atoms with Crippen molar-refractivity contribution in [3.63, 3.8) is 0 Å². The van der Waals surface area contributed by atoms with E-state index in [-0.39, 0.29) is 21.8 Å². The van der Waals surface area contributed by atoms with E-state index in [9.17, 15) is 19.8 Å².